The Hall–Kier alpha value is -2.60. The maximum absolute atomic E-state index is 12.4. The van der Waals surface area contributed by atoms with Crippen LogP contribution in [-0.4, -0.2) is 24.0 Å². The van der Waals surface area contributed by atoms with Crippen LogP contribution in [0.3, 0.4) is 0 Å². The molecule has 1 amide bonds. The number of nitrogens with one attached hydrogen (secondary N) is 1. The molecule has 9 heteroatoms. The minimum atomic E-state index is -4.45. The zero-order valence-electron chi connectivity index (χ0n) is 11.6. The Balaban J connectivity index is 1.80. The molecule has 0 aliphatic rings. The van der Waals surface area contributed by atoms with Gasteiger partial charge < -0.3 is 10.1 Å². The first-order chi connectivity index (χ1) is 10.9. The molecule has 2 heterocycles. The molecule has 0 spiro atoms. The molecule has 0 unspecified atom stereocenters. The van der Waals surface area contributed by atoms with E-state index in [1.807, 2.05) is 6.07 Å². The Morgan fingerprint density at radius 2 is 2.17 bits per heavy atom. The van der Waals surface area contributed by atoms with Gasteiger partial charge in [0.1, 0.15) is 17.6 Å². The fourth-order valence-corrected chi connectivity index (χ4v) is 2.37. The molecule has 0 bridgehead atoms. The highest BCUT2D eigenvalue weighted by molar-refractivity contribution is 7.12. The van der Waals surface area contributed by atoms with Crippen LogP contribution in [-0.2, 0) is 6.18 Å². The van der Waals surface area contributed by atoms with Crippen LogP contribution >= 0.6 is 11.3 Å². The third-order valence-electron chi connectivity index (χ3n) is 2.69. The Kier molecular flexibility index (Phi) is 5.18. The van der Waals surface area contributed by atoms with Gasteiger partial charge in [-0.05, 0) is 17.5 Å². The third-order valence-corrected chi connectivity index (χ3v) is 3.61. The van der Waals surface area contributed by atoms with Crippen molar-refractivity contribution in [1.82, 2.24) is 10.3 Å². The van der Waals surface area contributed by atoms with E-state index >= 15 is 0 Å². The number of halogens is 3. The van der Waals surface area contributed by atoms with E-state index in [4.69, 9.17) is 10.00 Å². The lowest BCUT2D eigenvalue weighted by molar-refractivity contribution is -0.137. The quantitative estimate of drug-likeness (QED) is 0.849. The smallest absolute Gasteiger partial charge is 0.417 e. The molecule has 0 saturated heterocycles. The van der Waals surface area contributed by atoms with E-state index in [0.29, 0.717) is 11.1 Å². The fourth-order valence-electron chi connectivity index (χ4n) is 1.61. The summed E-state index contributed by atoms with van der Waals surface area (Å²) in [6.07, 6.45) is -3.77. The van der Waals surface area contributed by atoms with Crippen molar-refractivity contribution in [3.8, 4) is 11.9 Å². The van der Waals surface area contributed by atoms with E-state index < -0.39 is 17.6 Å². The molecule has 2 aromatic rings. The molecule has 5 nitrogen and oxygen atoms in total. The summed E-state index contributed by atoms with van der Waals surface area (Å²) in [7, 11) is 0. The van der Waals surface area contributed by atoms with Crippen molar-refractivity contribution in [3.63, 3.8) is 0 Å². The van der Waals surface area contributed by atoms with Gasteiger partial charge in [-0.15, -0.1) is 11.3 Å². The predicted molar refractivity (Wildman–Crippen MR) is 76.1 cm³/mol. The summed E-state index contributed by atoms with van der Waals surface area (Å²) >= 11 is 1.15. The molecular formula is C14H10F3N3O2S. The molecule has 23 heavy (non-hydrogen) atoms. The van der Waals surface area contributed by atoms with Crippen LogP contribution in [0.15, 0.2) is 29.8 Å². The van der Waals surface area contributed by atoms with Crippen molar-refractivity contribution >= 4 is 17.2 Å². The van der Waals surface area contributed by atoms with E-state index in [0.717, 1.165) is 23.5 Å². The highest BCUT2D eigenvalue weighted by Crippen LogP contribution is 2.29. The normalized spacial score (nSPS) is 10.9. The zero-order chi connectivity index (χ0) is 16.9. The minimum Gasteiger partial charge on any atom is -0.476 e. The molecule has 0 saturated carbocycles. The van der Waals surface area contributed by atoms with Gasteiger partial charge in [0.2, 0.25) is 5.88 Å². The van der Waals surface area contributed by atoms with E-state index in [1.165, 1.54) is 0 Å². The summed E-state index contributed by atoms with van der Waals surface area (Å²) in [6.45, 7) is 0.168. The van der Waals surface area contributed by atoms with Crippen LogP contribution in [0.5, 0.6) is 5.88 Å². The summed E-state index contributed by atoms with van der Waals surface area (Å²) in [4.78, 5) is 15.7. The number of carbonyl (C=O) groups excluding carboxylic acids is 1. The van der Waals surface area contributed by atoms with Gasteiger partial charge in [-0.25, -0.2) is 4.98 Å². The zero-order valence-corrected chi connectivity index (χ0v) is 12.4. The van der Waals surface area contributed by atoms with E-state index in [1.54, 1.807) is 11.4 Å². The van der Waals surface area contributed by atoms with Gasteiger partial charge in [0, 0.05) is 12.3 Å². The molecule has 0 aromatic carbocycles. The first-order valence-electron chi connectivity index (χ1n) is 6.33. The molecule has 0 fully saturated rings. The molecule has 2 rings (SSSR count). The van der Waals surface area contributed by atoms with Gasteiger partial charge in [-0.2, -0.15) is 18.4 Å². The summed E-state index contributed by atoms with van der Waals surface area (Å²) < 4.78 is 42.2. The maximum atomic E-state index is 12.4. The monoisotopic (exact) mass is 341 g/mol. The van der Waals surface area contributed by atoms with E-state index in [9.17, 15) is 18.0 Å². The Morgan fingerprint density at radius 1 is 1.39 bits per heavy atom. The number of rotatable bonds is 5. The number of aromatic nitrogens is 1. The first kappa shape index (κ1) is 16.8. The molecule has 120 valence electrons. The lowest BCUT2D eigenvalue weighted by Gasteiger charge is -2.08. The second-order valence-electron chi connectivity index (χ2n) is 4.26. The molecule has 0 atom stereocenters. The molecule has 2 aromatic heterocycles. The van der Waals surface area contributed by atoms with Crippen molar-refractivity contribution in [3.05, 3.63) is 45.8 Å². The topological polar surface area (TPSA) is 75.0 Å². The summed E-state index contributed by atoms with van der Waals surface area (Å²) in [5.74, 6) is -0.374. The van der Waals surface area contributed by atoms with Crippen LogP contribution in [0.1, 0.15) is 20.8 Å². The number of hydrogen-bond acceptors (Lipinski definition) is 5. The van der Waals surface area contributed by atoms with Crippen LogP contribution in [0.4, 0.5) is 13.2 Å². The third kappa shape index (κ3) is 4.43. The van der Waals surface area contributed by atoms with Gasteiger partial charge >= 0.3 is 6.18 Å². The van der Waals surface area contributed by atoms with E-state index in [-0.39, 0.29) is 24.6 Å². The van der Waals surface area contributed by atoms with Gasteiger partial charge in [0.25, 0.3) is 5.91 Å². The Morgan fingerprint density at radius 3 is 2.78 bits per heavy atom. The number of alkyl halides is 3. The van der Waals surface area contributed by atoms with Crippen molar-refractivity contribution in [2.75, 3.05) is 13.2 Å². The van der Waals surface area contributed by atoms with Crippen molar-refractivity contribution in [1.29, 1.82) is 5.26 Å². The van der Waals surface area contributed by atoms with Crippen LogP contribution in [0.2, 0.25) is 0 Å². The molecule has 1 N–H and O–H groups in total. The highest BCUT2D eigenvalue weighted by Gasteiger charge is 2.30. The van der Waals surface area contributed by atoms with Crippen molar-refractivity contribution in [2.24, 2.45) is 0 Å². The SMILES string of the molecule is N#Cc1ccsc1C(=O)NCCOc1ccc(C(F)(F)F)cn1. The number of ether oxygens (including phenoxy) is 1. The number of pyridine rings is 1. The summed E-state index contributed by atoms with van der Waals surface area (Å²) in [5.41, 5.74) is -0.572. The van der Waals surface area contributed by atoms with Crippen molar-refractivity contribution in [2.45, 2.75) is 6.18 Å². The van der Waals surface area contributed by atoms with Crippen LogP contribution in [0.25, 0.3) is 0 Å². The molecular weight excluding hydrogens is 331 g/mol. The largest absolute Gasteiger partial charge is 0.476 e. The standard InChI is InChI=1S/C14H10F3N3O2S/c15-14(16,17)10-1-2-11(20-8-10)22-5-4-19-13(21)12-9(7-18)3-6-23-12/h1-3,6,8H,4-5H2,(H,19,21). The van der Waals surface area contributed by atoms with Crippen molar-refractivity contribution < 1.29 is 22.7 Å². The Labute approximate surface area is 133 Å². The molecule has 0 aliphatic carbocycles. The average Bonchev–Trinajstić information content (AvgIpc) is 2.99. The second-order valence-corrected chi connectivity index (χ2v) is 5.18. The Bertz CT molecular complexity index is 720. The number of hydrogen-bond donors (Lipinski definition) is 1. The highest BCUT2D eigenvalue weighted by atomic mass is 32.1. The van der Waals surface area contributed by atoms with Crippen LogP contribution in [0, 0.1) is 11.3 Å². The number of carbonyl (C=O) groups is 1. The van der Waals surface area contributed by atoms with E-state index in [2.05, 4.69) is 10.3 Å². The summed E-state index contributed by atoms with van der Waals surface area (Å²) in [6, 6.07) is 5.43. The number of nitriles is 1. The maximum Gasteiger partial charge on any atom is 0.417 e. The average molecular weight is 341 g/mol. The van der Waals surface area contributed by atoms with Gasteiger partial charge in [0.15, 0.2) is 0 Å². The van der Waals surface area contributed by atoms with Gasteiger partial charge in [-0.3, -0.25) is 4.79 Å². The fraction of sp³-hybridized carbons (Fsp3) is 0.214. The number of thiophene rings is 1. The molecule has 0 radical (unpaired) electrons. The lowest BCUT2D eigenvalue weighted by Crippen LogP contribution is -2.28. The number of amides is 1. The predicted octanol–water partition coefficient (Wildman–Crippen LogP) is 2.84. The second kappa shape index (κ2) is 7.11. The van der Waals surface area contributed by atoms with Gasteiger partial charge in [-0.1, -0.05) is 0 Å². The lowest BCUT2D eigenvalue weighted by atomic mass is 10.3. The minimum absolute atomic E-state index is 0.0288. The first-order valence-corrected chi connectivity index (χ1v) is 7.21. The summed E-state index contributed by atoms with van der Waals surface area (Å²) in [5, 5.41) is 13.0. The van der Waals surface area contributed by atoms with Crippen LogP contribution < -0.4 is 10.1 Å². The van der Waals surface area contributed by atoms with Gasteiger partial charge in [0.05, 0.1) is 17.7 Å². The number of nitrogens with zero attached hydrogens (tertiary/aromatic N) is 2. The molecule has 0 aliphatic heterocycles.